The summed E-state index contributed by atoms with van der Waals surface area (Å²) >= 11 is 1.27. The van der Waals surface area contributed by atoms with Crippen molar-refractivity contribution in [3.8, 4) is 6.01 Å². The van der Waals surface area contributed by atoms with Gasteiger partial charge >= 0.3 is 12.0 Å². The Labute approximate surface area is 201 Å². The molecule has 172 valence electrons. The van der Waals surface area contributed by atoms with Gasteiger partial charge in [-0.2, -0.15) is 0 Å². The van der Waals surface area contributed by atoms with Crippen molar-refractivity contribution >= 4 is 23.2 Å². The zero-order valence-corrected chi connectivity index (χ0v) is 19.5. The zero-order chi connectivity index (χ0) is 24.1. The fourth-order valence-corrected chi connectivity index (χ4v) is 4.52. The van der Waals surface area contributed by atoms with Crippen molar-refractivity contribution in [1.82, 2.24) is 15.3 Å². The maximum atomic E-state index is 13.4. The SMILES string of the molecule is Cc1cc(C)nc(OC(C(=O)O)C(NC(=O)c2cccs2)(c2ccccc2)c2ccccc2)n1. The molecule has 0 saturated heterocycles. The van der Waals surface area contributed by atoms with Gasteiger partial charge in [0.25, 0.3) is 5.91 Å². The molecule has 1 atom stereocenters. The molecule has 0 spiro atoms. The standard InChI is InChI=1S/C26H23N3O4S/c1-17-16-18(2)28-25(27-17)33-22(24(31)32)26(19-10-5-3-6-11-19,20-12-7-4-8-13-20)29-23(30)21-14-9-15-34-21/h3-16,22H,1-2H3,(H,29,30)(H,31,32). The van der Waals surface area contributed by atoms with E-state index in [1.165, 1.54) is 11.3 Å². The predicted octanol–water partition coefficient (Wildman–Crippen LogP) is 4.36. The molecule has 0 bridgehead atoms. The molecule has 2 aromatic carbocycles. The smallest absolute Gasteiger partial charge is 0.348 e. The molecular weight excluding hydrogens is 450 g/mol. The third-order valence-corrected chi connectivity index (χ3v) is 6.19. The molecular formula is C26H23N3O4S. The van der Waals surface area contributed by atoms with Crippen LogP contribution in [0, 0.1) is 13.8 Å². The number of nitrogens with zero attached hydrogens (tertiary/aromatic N) is 2. The van der Waals surface area contributed by atoms with Crippen LogP contribution in [0.3, 0.4) is 0 Å². The van der Waals surface area contributed by atoms with Gasteiger partial charge in [-0.25, -0.2) is 14.8 Å². The van der Waals surface area contributed by atoms with Crippen molar-refractivity contribution in [3.05, 3.63) is 112 Å². The van der Waals surface area contributed by atoms with E-state index in [2.05, 4.69) is 15.3 Å². The Morgan fingerprint density at radius 1 is 0.912 bits per heavy atom. The lowest BCUT2D eigenvalue weighted by Crippen LogP contribution is -2.59. The summed E-state index contributed by atoms with van der Waals surface area (Å²) in [6.45, 7) is 3.55. The molecule has 2 N–H and O–H groups in total. The third kappa shape index (κ3) is 4.67. The Bertz CT molecular complexity index is 1220. The van der Waals surface area contributed by atoms with Crippen molar-refractivity contribution < 1.29 is 19.4 Å². The maximum Gasteiger partial charge on any atom is 0.348 e. The summed E-state index contributed by atoms with van der Waals surface area (Å²) in [4.78, 5) is 35.2. The number of carboxylic acid groups (broad SMARTS) is 1. The molecule has 4 aromatic rings. The molecule has 0 aliphatic rings. The lowest BCUT2D eigenvalue weighted by atomic mass is 9.77. The summed E-state index contributed by atoms with van der Waals surface area (Å²) in [5.74, 6) is -1.69. The van der Waals surface area contributed by atoms with Crippen LogP contribution in [-0.2, 0) is 10.3 Å². The van der Waals surface area contributed by atoms with E-state index in [1.807, 2.05) is 12.1 Å². The molecule has 1 amide bonds. The number of rotatable bonds is 8. The minimum Gasteiger partial charge on any atom is -0.478 e. The van der Waals surface area contributed by atoms with Crippen LogP contribution in [0.5, 0.6) is 6.01 Å². The molecule has 0 radical (unpaired) electrons. The van der Waals surface area contributed by atoms with Crippen molar-refractivity contribution in [2.45, 2.75) is 25.5 Å². The minimum absolute atomic E-state index is 0.0773. The largest absolute Gasteiger partial charge is 0.478 e. The van der Waals surface area contributed by atoms with E-state index in [-0.39, 0.29) is 6.01 Å². The van der Waals surface area contributed by atoms with Crippen molar-refractivity contribution in [2.24, 2.45) is 0 Å². The van der Waals surface area contributed by atoms with Gasteiger partial charge in [-0.3, -0.25) is 4.79 Å². The number of hydrogen-bond donors (Lipinski definition) is 2. The lowest BCUT2D eigenvalue weighted by Gasteiger charge is -2.39. The van der Waals surface area contributed by atoms with Gasteiger partial charge in [-0.15, -0.1) is 11.3 Å². The van der Waals surface area contributed by atoms with Gasteiger partial charge in [0.1, 0.15) is 5.54 Å². The molecule has 0 aliphatic heterocycles. The van der Waals surface area contributed by atoms with Crippen molar-refractivity contribution in [1.29, 1.82) is 0 Å². The number of benzene rings is 2. The van der Waals surface area contributed by atoms with Crippen LogP contribution >= 0.6 is 11.3 Å². The summed E-state index contributed by atoms with van der Waals surface area (Å²) in [5, 5.41) is 15.2. The Morgan fingerprint density at radius 3 is 1.94 bits per heavy atom. The number of aliphatic carboxylic acids is 1. The quantitative estimate of drug-likeness (QED) is 0.394. The van der Waals surface area contributed by atoms with E-state index >= 15 is 0 Å². The number of thiophene rings is 1. The lowest BCUT2D eigenvalue weighted by molar-refractivity contribution is -0.148. The number of aromatic nitrogens is 2. The number of aryl methyl sites for hydroxylation is 2. The van der Waals surface area contributed by atoms with E-state index in [0.717, 1.165) is 0 Å². The number of carbonyl (C=O) groups excluding carboxylic acids is 1. The number of hydrogen-bond acceptors (Lipinski definition) is 6. The van der Waals surface area contributed by atoms with E-state index in [0.29, 0.717) is 27.4 Å². The summed E-state index contributed by atoms with van der Waals surface area (Å²) in [6.07, 6.45) is -1.58. The first-order valence-electron chi connectivity index (χ1n) is 10.6. The highest BCUT2D eigenvalue weighted by atomic mass is 32.1. The van der Waals surface area contributed by atoms with Crippen LogP contribution in [0.15, 0.2) is 84.2 Å². The van der Waals surface area contributed by atoms with E-state index < -0.39 is 23.5 Å². The van der Waals surface area contributed by atoms with Crippen LogP contribution in [0.25, 0.3) is 0 Å². The second-order valence-electron chi connectivity index (χ2n) is 7.74. The number of carbonyl (C=O) groups is 2. The number of amides is 1. The number of ether oxygens (including phenoxy) is 1. The van der Waals surface area contributed by atoms with Gasteiger partial charge in [0, 0.05) is 11.4 Å². The van der Waals surface area contributed by atoms with Gasteiger partial charge in [-0.1, -0.05) is 66.7 Å². The monoisotopic (exact) mass is 473 g/mol. The van der Waals surface area contributed by atoms with Crippen LogP contribution in [0.2, 0.25) is 0 Å². The van der Waals surface area contributed by atoms with Crippen molar-refractivity contribution in [2.75, 3.05) is 0 Å². The molecule has 4 rings (SSSR count). The molecule has 2 aromatic heterocycles. The van der Waals surface area contributed by atoms with Crippen LogP contribution < -0.4 is 10.1 Å². The van der Waals surface area contributed by atoms with Gasteiger partial charge < -0.3 is 15.2 Å². The molecule has 7 nitrogen and oxygen atoms in total. The topological polar surface area (TPSA) is 101 Å². The molecule has 0 fully saturated rings. The van der Waals surface area contributed by atoms with Gasteiger partial charge in [0.15, 0.2) is 0 Å². The summed E-state index contributed by atoms with van der Waals surface area (Å²) < 4.78 is 6.00. The summed E-state index contributed by atoms with van der Waals surface area (Å²) in [6, 6.07) is 23.0. The van der Waals surface area contributed by atoms with Crippen molar-refractivity contribution in [3.63, 3.8) is 0 Å². The molecule has 1 unspecified atom stereocenters. The minimum atomic E-state index is -1.59. The van der Waals surface area contributed by atoms with Gasteiger partial charge in [0.2, 0.25) is 6.10 Å². The Balaban J connectivity index is 1.94. The first kappa shape index (κ1) is 23.1. The van der Waals surface area contributed by atoms with E-state index in [4.69, 9.17) is 4.74 Å². The normalized spacial score (nSPS) is 12.1. The fraction of sp³-hybridized carbons (Fsp3) is 0.154. The highest BCUT2D eigenvalue weighted by Gasteiger charge is 2.50. The highest BCUT2D eigenvalue weighted by Crippen LogP contribution is 2.36. The maximum absolute atomic E-state index is 13.4. The average Bonchev–Trinajstić information content (AvgIpc) is 3.37. The molecule has 0 saturated carbocycles. The highest BCUT2D eigenvalue weighted by molar-refractivity contribution is 7.12. The van der Waals surface area contributed by atoms with E-state index in [9.17, 15) is 14.7 Å². The molecule has 34 heavy (non-hydrogen) atoms. The third-order valence-electron chi connectivity index (χ3n) is 5.32. The number of nitrogens with one attached hydrogen (secondary N) is 1. The second kappa shape index (κ2) is 9.84. The Kier molecular flexibility index (Phi) is 6.70. The number of carboxylic acids is 1. The summed E-state index contributed by atoms with van der Waals surface area (Å²) in [5.41, 5.74) is 0.778. The average molecular weight is 474 g/mol. The fourth-order valence-electron chi connectivity index (χ4n) is 3.91. The second-order valence-corrected chi connectivity index (χ2v) is 8.69. The van der Waals surface area contributed by atoms with Crippen LogP contribution in [0.4, 0.5) is 0 Å². The van der Waals surface area contributed by atoms with Gasteiger partial charge in [-0.05, 0) is 42.5 Å². The molecule has 0 aliphatic carbocycles. The van der Waals surface area contributed by atoms with Crippen LogP contribution in [0.1, 0.15) is 32.2 Å². The Hall–Kier alpha value is -4.04. The zero-order valence-electron chi connectivity index (χ0n) is 18.6. The van der Waals surface area contributed by atoms with Crippen LogP contribution in [-0.4, -0.2) is 33.1 Å². The predicted molar refractivity (Wildman–Crippen MR) is 129 cm³/mol. The first-order chi connectivity index (χ1) is 16.4. The Morgan fingerprint density at radius 2 is 1.47 bits per heavy atom. The van der Waals surface area contributed by atoms with Gasteiger partial charge in [0.05, 0.1) is 4.88 Å². The molecule has 2 heterocycles. The molecule has 8 heteroatoms. The first-order valence-corrected chi connectivity index (χ1v) is 11.5. The summed E-state index contributed by atoms with van der Waals surface area (Å²) in [7, 11) is 0. The van der Waals surface area contributed by atoms with E-state index in [1.54, 1.807) is 86.0 Å².